The molecule has 27 heavy (non-hydrogen) atoms. The minimum absolute atomic E-state index is 0.0469. The van der Waals surface area contributed by atoms with Crippen LogP contribution in [0.1, 0.15) is 28.4 Å². The van der Waals surface area contributed by atoms with Gasteiger partial charge < -0.3 is 14.7 Å². The van der Waals surface area contributed by atoms with Crippen molar-refractivity contribution in [1.29, 1.82) is 0 Å². The standard InChI is InChI=1S/C21H24N2O4/c1-14-5-4-6-17(9-14)23-11-15(2)22(13-20(23)24)12-16-7-8-19(27-3)18(10-16)21(25)26/h4-10,15H,11-13H2,1-3H3,(H,25,26)/t15-/m1/s1. The van der Waals surface area contributed by atoms with E-state index in [1.54, 1.807) is 12.1 Å². The van der Waals surface area contributed by atoms with E-state index in [4.69, 9.17) is 4.74 Å². The summed E-state index contributed by atoms with van der Waals surface area (Å²) in [4.78, 5) is 28.0. The molecule has 2 aromatic rings. The zero-order valence-corrected chi connectivity index (χ0v) is 15.8. The predicted molar refractivity (Wildman–Crippen MR) is 103 cm³/mol. The van der Waals surface area contributed by atoms with Crippen LogP contribution in [0.3, 0.4) is 0 Å². The van der Waals surface area contributed by atoms with Crippen molar-refractivity contribution in [2.45, 2.75) is 26.4 Å². The van der Waals surface area contributed by atoms with E-state index in [0.717, 1.165) is 16.8 Å². The summed E-state index contributed by atoms with van der Waals surface area (Å²) in [6, 6.07) is 13.2. The number of methoxy groups -OCH3 is 1. The minimum Gasteiger partial charge on any atom is -0.496 e. The van der Waals surface area contributed by atoms with E-state index in [9.17, 15) is 14.7 Å². The minimum atomic E-state index is -1.03. The van der Waals surface area contributed by atoms with Gasteiger partial charge in [-0.15, -0.1) is 0 Å². The van der Waals surface area contributed by atoms with Gasteiger partial charge in [0.1, 0.15) is 11.3 Å². The molecule has 1 N–H and O–H groups in total. The maximum absolute atomic E-state index is 12.7. The molecule has 6 heteroatoms. The fourth-order valence-corrected chi connectivity index (χ4v) is 3.41. The van der Waals surface area contributed by atoms with Crippen molar-refractivity contribution in [2.75, 3.05) is 25.1 Å². The van der Waals surface area contributed by atoms with Gasteiger partial charge in [-0.05, 0) is 49.2 Å². The number of carboxylic acids is 1. The molecule has 142 valence electrons. The number of amides is 1. The number of ether oxygens (including phenoxy) is 1. The quantitative estimate of drug-likeness (QED) is 0.879. The second kappa shape index (κ2) is 7.80. The van der Waals surface area contributed by atoms with Crippen molar-refractivity contribution in [3.05, 3.63) is 59.2 Å². The maximum atomic E-state index is 12.7. The van der Waals surface area contributed by atoms with Gasteiger partial charge in [-0.1, -0.05) is 18.2 Å². The van der Waals surface area contributed by atoms with E-state index < -0.39 is 5.97 Å². The zero-order chi connectivity index (χ0) is 19.6. The molecule has 2 aromatic carbocycles. The molecule has 1 atom stereocenters. The number of benzene rings is 2. The number of nitrogens with zero attached hydrogens (tertiary/aromatic N) is 2. The van der Waals surface area contributed by atoms with Crippen molar-refractivity contribution < 1.29 is 19.4 Å². The van der Waals surface area contributed by atoms with Gasteiger partial charge in [-0.25, -0.2) is 4.79 Å². The molecule has 1 amide bonds. The summed E-state index contributed by atoms with van der Waals surface area (Å²) in [6.07, 6.45) is 0. The number of anilines is 1. The van der Waals surface area contributed by atoms with Crippen LogP contribution in [0, 0.1) is 6.92 Å². The maximum Gasteiger partial charge on any atom is 0.339 e. The molecule has 6 nitrogen and oxygen atoms in total. The van der Waals surface area contributed by atoms with Gasteiger partial charge in [0.05, 0.1) is 13.7 Å². The van der Waals surface area contributed by atoms with Crippen LogP contribution in [-0.2, 0) is 11.3 Å². The van der Waals surface area contributed by atoms with Crippen LogP contribution < -0.4 is 9.64 Å². The number of hydrogen-bond donors (Lipinski definition) is 1. The highest BCUT2D eigenvalue weighted by molar-refractivity contribution is 5.95. The fraction of sp³-hybridized carbons (Fsp3) is 0.333. The molecule has 0 saturated carbocycles. The summed E-state index contributed by atoms with van der Waals surface area (Å²) in [5.74, 6) is -0.646. The van der Waals surface area contributed by atoms with Crippen molar-refractivity contribution in [3.8, 4) is 5.75 Å². The lowest BCUT2D eigenvalue weighted by Crippen LogP contribution is -2.54. The van der Waals surface area contributed by atoms with Crippen molar-refractivity contribution in [1.82, 2.24) is 4.90 Å². The number of aryl methyl sites for hydroxylation is 1. The van der Waals surface area contributed by atoms with E-state index in [-0.39, 0.29) is 17.5 Å². The highest BCUT2D eigenvalue weighted by Crippen LogP contribution is 2.24. The Bertz CT molecular complexity index is 865. The molecule has 0 unspecified atom stereocenters. The second-order valence-electron chi connectivity index (χ2n) is 6.94. The number of carboxylic acid groups (broad SMARTS) is 1. The number of hydrogen-bond acceptors (Lipinski definition) is 4. The Morgan fingerprint density at radius 2 is 2.04 bits per heavy atom. The van der Waals surface area contributed by atoms with Crippen molar-refractivity contribution in [3.63, 3.8) is 0 Å². The smallest absolute Gasteiger partial charge is 0.339 e. The Morgan fingerprint density at radius 1 is 1.26 bits per heavy atom. The van der Waals surface area contributed by atoms with Crippen LogP contribution in [0.15, 0.2) is 42.5 Å². The van der Waals surface area contributed by atoms with Crippen LogP contribution in [0.2, 0.25) is 0 Å². The molecular formula is C21H24N2O4. The first-order valence-corrected chi connectivity index (χ1v) is 8.90. The third kappa shape index (κ3) is 4.11. The van der Waals surface area contributed by atoms with Crippen LogP contribution in [0.5, 0.6) is 5.75 Å². The summed E-state index contributed by atoms with van der Waals surface area (Å²) in [5.41, 5.74) is 3.02. The highest BCUT2D eigenvalue weighted by Gasteiger charge is 2.30. The Labute approximate surface area is 159 Å². The summed E-state index contributed by atoms with van der Waals surface area (Å²) < 4.78 is 5.11. The van der Waals surface area contributed by atoms with Gasteiger partial charge in [0.15, 0.2) is 0 Å². The molecule has 1 fully saturated rings. The molecule has 0 bridgehead atoms. The Balaban J connectivity index is 1.75. The largest absolute Gasteiger partial charge is 0.496 e. The number of carbonyl (C=O) groups excluding carboxylic acids is 1. The lowest BCUT2D eigenvalue weighted by Gasteiger charge is -2.39. The molecule has 1 aliphatic rings. The topological polar surface area (TPSA) is 70.1 Å². The van der Waals surface area contributed by atoms with Gasteiger partial charge in [0.25, 0.3) is 0 Å². The molecule has 0 radical (unpaired) electrons. The Kier molecular flexibility index (Phi) is 5.46. The van der Waals surface area contributed by atoms with E-state index in [1.807, 2.05) is 42.2 Å². The van der Waals surface area contributed by atoms with Crippen LogP contribution in [-0.4, -0.2) is 48.1 Å². The van der Waals surface area contributed by atoms with Gasteiger partial charge >= 0.3 is 5.97 Å². The average Bonchev–Trinajstić information content (AvgIpc) is 2.64. The van der Waals surface area contributed by atoms with E-state index >= 15 is 0 Å². The van der Waals surface area contributed by atoms with Crippen LogP contribution >= 0.6 is 0 Å². The summed E-state index contributed by atoms with van der Waals surface area (Å²) >= 11 is 0. The molecule has 1 saturated heterocycles. The molecule has 0 aromatic heterocycles. The lowest BCUT2D eigenvalue weighted by atomic mass is 10.1. The van der Waals surface area contributed by atoms with E-state index in [2.05, 4.69) is 11.8 Å². The number of aromatic carboxylic acids is 1. The second-order valence-corrected chi connectivity index (χ2v) is 6.94. The van der Waals surface area contributed by atoms with Crippen molar-refractivity contribution >= 4 is 17.6 Å². The van der Waals surface area contributed by atoms with Crippen molar-refractivity contribution in [2.24, 2.45) is 0 Å². The highest BCUT2D eigenvalue weighted by atomic mass is 16.5. The zero-order valence-electron chi connectivity index (χ0n) is 15.8. The van der Waals surface area contributed by atoms with Crippen LogP contribution in [0.4, 0.5) is 5.69 Å². The van der Waals surface area contributed by atoms with Gasteiger partial charge in [0.2, 0.25) is 5.91 Å². The first-order chi connectivity index (χ1) is 12.9. The summed E-state index contributed by atoms with van der Waals surface area (Å²) in [5, 5.41) is 9.35. The normalized spacial score (nSPS) is 17.8. The monoisotopic (exact) mass is 368 g/mol. The molecule has 1 aliphatic heterocycles. The third-order valence-electron chi connectivity index (χ3n) is 4.90. The first kappa shape index (κ1) is 18.9. The Hall–Kier alpha value is -2.86. The number of rotatable bonds is 5. The number of carbonyl (C=O) groups is 2. The van der Waals surface area contributed by atoms with E-state index in [1.165, 1.54) is 7.11 Å². The van der Waals surface area contributed by atoms with Gasteiger partial charge in [-0.3, -0.25) is 9.69 Å². The summed E-state index contributed by atoms with van der Waals surface area (Å²) in [7, 11) is 1.45. The molecule has 0 aliphatic carbocycles. The summed E-state index contributed by atoms with van der Waals surface area (Å²) in [6.45, 7) is 5.50. The fourth-order valence-electron chi connectivity index (χ4n) is 3.41. The molecular weight excluding hydrogens is 344 g/mol. The molecule has 3 rings (SSSR count). The third-order valence-corrected chi connectivity index (χ3v) is 4.90. The van der Waals surface area contributed by atoms with E-state index in [0.29, 0.717) is 25.4 Å². The van der Waals surface area contributed by atoms with Gasteiger partial charge in [-0.2, -0.15) is 0 Å². The lowest BCUT2D eigenvalue weighted by molar-refractivity contribution is -0.122. The Morgan fingerprint density at radius 3 is 2.70 bits per heavy atom. The first-order valence-electron chi connectivity index (χ1n) is 8.90. The molecule has 1 heterocycles. The van der Waals surface area contributed by atoms with Gasteiger partial charge in [0, 0.05) is 24.8 Å². The predicted octanol–water partition coefficient (Wildman–Crippen LogP) is 2.94. The van der Waals surface area contributed by atoms with Crippen LogP contribution in [0.25, 0.3) is 0 Å². The SMILES string of the molecule is COc1ccc(CN2CC(=O)N(c3cccc(C)c3)C[C@H]2C)cc1C(=O)O. The average molecular weight is 368 g/mol. The molecule has 0 spiro atoms. The number of piperazine rings is 1.